The molecule has 1 aromatic carbocycles. The number of piperidine rings is 3. The molecule has 0 spiro atoms. The predicted octanol–water partition coefficient (Wildman–Crippen LogP) is 3.65. The molecule has 3 heterocycles. The molecule has 4 aliphatic rings. The molecule has 4 fully saturated rings. The number of amides is 1. The summed E-state index contributed by atoms with van der Waals surface area (Å²) in [6, 6.07) is 5.74. The monoisotopic (exact) mass is 432 g/mol. The van der Waals surface area contributed by atoms with Gasteiger partial charge in [0.1, 0.15) is 5.75 Å². The van der Waals surface area contributed by atoms with Crippen molar-refractivity contribution in [1.82, 2.24) is 10.2 Å². The van der Waals surface area contributed by atoms with Gasteiger partial charge in [-0.25, -0.2) is 0 Å². The average molecular weight is 433 g/mol. The van der Waals surface area contributed by atoms with Gasteiger partial charge >= 0.3 is 5.97 Å². The molecule has 2 N–H and O–H groups in total. The third-order valence-corrected chi connectivity index (χ3v) is 8.01. The fraction of sp³-hybridized carbons (Fsp3) is 0.652. The van der Waals surface area contributed by atoms with E-state index in [1.807, 2.05) is 24.5 Å². The van der Waals surface area contributed by atoms with Gasteiger partial charge in [0.15, 0.2) is 0 Å². The quantitative estimate of drug-likeness (QED) is 0.641. The maximum Gasteiger partial charge on any atom is 0.306 e. The SMILES string of the molecule is CSc1cc(C(=O)NC2CCC(C(=O)O)CC2)ccc1OCC12CCN(CC1)CC2. The van der Waals surface area contributed by atoms with Crippen LogP contribution in [0.3, 0.4) is 0 Å². The first-order chi connectivity index (χ1) is 14.5. The van der Waals surface area contributed by atoms with Crippen LogP contribution in [-0.4, -0.2) is 60.4 Å². The van der Waals surface area contributed by atoms with E-state index in [-0.39, 0.29) is 17.9 Å². The molecule has 0 radical (unpaired) electrons. The molecule has 7 heteroatoms. The van der Waals surface area contributed by atoms with E-state index in [1.165, 1.54) is 38.9 Å². The number of hydrogen-bond acceptors (Lipinski definition) is 5. The summed E-state index contributed by atoms with van der Waals surface area (Å²) in [7, 11) is 0. The summed E-state index contributed by atoms with van der Waals surface area (Å²) in [4.78, 5) is 27.4. The summed E-state index contributed by atoms with van der Waals surface area (Å²) < 4.78 is 6.28. The van der Waals surface area contributed by atoms with Crippen LogP contribution in [0.15, 0.2) is 23.1 Å². The second kappa shape index (κ2) is 9.18. The number of nitrogens with zero attached hydrogens (tertiary/aromatic N) is 1. The smallest absolute Gasteiger partial charge is 0.306 e. The molecule has 3 aliphatic heterocycles. The van der Waals surface area contributed by atoms with Crippen molar-refractivity contribution in [3.05, 3.63) is 23.8 Å². The molecule has 2 bridgehead atoms. The molecule has 0 unspecified atom stereocenters. The van der Waals surface area contributed by atoms with Crippen LogP contribution >= 0.6 is 11.8 Å². The predicted molar refractivity (Wildman–Crippen MR) is 117 cm³/mol. The van der Waals surface area contributed by atoms with Crippen LogP contribution in [0.25, 0.3) is 0 Å². The first kappa shape index (κ1) is 21.5. The van der Waals surface area contributed by atoms with E-state index < -0.39 is 5.97 Å². The molecule has 0 aromatic heterocycles. The van der Waals surface area contributed by atoms with Gasteiger partial charge in [0.2, 0.25) is 0 Å². The zero-order valence-corrected chi connectivity index (χ0v) is 18.5. The third-order valence-electron chi connectivity index (χ3n) is 7.25. The van der Waals surface area contributed by atoms with Gasteiger partial charge in [-0.15, -0.1) is 11.8 Å². The van der Waals surface area contributed by atoms with Crippen LogP contribution in [0.2, 0.25) is 0 Å². The van der Waals surface area contributed by atoms with Crippen LogP contribution < -0.4 is 10.1 Å². The van der Waals surface area contributed by atoms with Crippen molar-refractivity contribution < 1.29 is 19.4 Å². The molecule has 1 saturated carbocycles. The molecule has 1 aromatic rings. The van der Waals surface area contributed by atoms with E-state index in [1.54, 1.807) is 11.8 Å². The fourth-order valence-corrected chi connectivity index (χ4v) is 5.60. The molecule has 1 amide bonds. The van der Waals surface area contributed by atoms with Crippen LogP contribution in [0.4, 0.5) is 0 Å². The second-order valence-electron chi connectivity index (χ2n) is 9.11. The van der Waals surface area contributed by atoms with Crippen molar-refractivity contribution in [2.45, 2.75) is 55.9 Å². The Labute approximate surface area is 182 Å². The van der Waals surface area contributed by atoms with E-state index in [0.29, 0.717) is 23.8 Å². The molecule has 164 valence electrons. The highest BCUT2D eigenvalue weighted by Crippen LogP contribution is 2.41. The van der Waals surface area contributed by atoms with E-state index >= 15 is 0 Å². The number of nitrogens with one attached hydrogen (secondary N) is 1. The highest BCUT2D eigenvalue weighted by molar-refractivity contribution is 7.98. The number of carbonyl (C=O) groups is 2. The van der Waals surface area contributed by atoms with Crippen molar-refractivity contribution in [1.29, 1.82) is 0 Å². The van der Waals surface area contributed by atoms with Gasteiger partial charge in [0, 0.05) is 21.9 Å². The number of carbonyl (C=O) groups excluding carboxylic acids is 1. The Kier molecular flexibility index (Phi) is 6.58. The lowest BCUT2D eigenvalue weighted by molar-refractivity contribution is -0.142. The van der Waals surface area contributed by atoms with Crippen LogP contribution in [0.1, 0.15) is 55.3 Å². The van der Waals surface area contributed by atoms with Crippen LogP contribution in [0, 0.1) is 11.3 Å². The highest BCUT2D eigenvalue weighted by atomic mass is 32.2. The summed E-state index contributed by atoms with van der Waals surface area (Å²) in [5, 5.41) is 12.2. The standard InChI is InChI=1S/C23H32N2O4S/c1-30-20-14-17(21(26)24-18-5-2-16(3-6-18)22(27)28)4-7-19(20)29-15-23-8-11-25(12-9-23)13-10-23/h4,7,14,16,18H,2-3,5-6,8-13,15H2,1H3,(H,24,26)(H,27,28). The molecule has 0 atom stereocenters. The molecule has 1 aliphatic carbocycles. The van der Waals surface area contributed by atoms with Gasteiger partial charge in [-0.05, 0) is 89.0 Å². The van der Waals surface area contributed by atoms with Gasteiger partial charge in [-0.2, -0.15) is 0 Å². The Hall–Kier alpha value is -1.73. The van der Waals surface area contributed by atoms with Gasteiger partial charge < -0.3 is 20.1 Å². The van der Waals surface area contributed by atoms with E-state index in [0.717, 1.165) is 30.1 Å². The van der Waals surface area contributed by atoms with E-state index in [2.05, 4.69) is 10.2 Å². The first-order valence-corrected chi connectivity index (χ1v) is 12.3. The summed E-state index contributed by atoms with van der Waals surface area (Å²) in [6.07, 6.45) is 8.35. The Morgan fingerprint density at radius 2 is 1.83 bits per heavy atom. The summed E-state index contributed by atoms with van der Waals surface area (Å²) in [6.45, 7) is 4.32. The number of carboxylic acids is 1. The van der Waals surface area contributed by atoms with Crippen molar-refractivity contribution in [2.24, 2.45) is 11.3 Å². The van der Waals surface area contributed by atoms with Gasteiger partial charge in [0.25, 0.3) is 5.91 Å². The normalized spacial score (nSPS) is 30.6. The largest absolute Gasteiger partial charge is 0.492 e. The number of hydrogen-bond donors (Lipinski definition) is 2. The number of thioether (sulfide) groups is 1. The molecule has 3 saturated heterocycles. The van der Waals surface area contributed by atoms with Crippen molar-refractivity contribution in [3.63, 3.8) is 0 Å². The van der Waals surface area contributed by atoms with E-state index in [4.69, 9.17) is 9.84 Å². The minimum Gasteiger partial charge on any atom is -0.492 e. The summed E-state index contributed by atoms with van der Waals surface area (Å²) in [5.41, 5.74) is 0.950. The van der Waals surface area contributed by atoms with Crippen molar-refractivity contribution >= 4 is 23.6 Å². The van der Waals surface area contributed by atoms with Crippen molar-refractivity contribution in [3.8, 4) is 5.75 Å². The lowest BCUT2D eigenvalue weighted by Gasteiger charge is -2.48. The number of rotatable bonds is 7. The van der Waals surface area contributed by atoms with Crippen LogP contribution in [0.5, 0.6) is 5.75 Å². The second-order valence-corrected chi connectivity index (χ2v) is 9.95. The fourth-order valence-electron chi connectivity index (χ4n) is 5.03. The minimum atomic E-state index is -0.724. The van der Waals surface area contributed by atoms with E-state index in [9.17, 15) is 9.59 Å². The number of benzene rings is 1. The molecular weight excluding hydrogens is 400 g/mol. The Morgan fingerprint density at radius 3 is 2.43 bits per heavy atom. The highest BCUT2D eigenvalue weighted by Gasteiger charge is 2.40. The maximum atomic E-state index is 12.7. The average Bonchev–Trinajstić information content (AvgIpc) is 2.79. The summed E-state index contributed by atoms with van der Waals surface area (Å²) >= 11 is 1.60. The Balaban J connectivity index is 1.35. The third kappa shape index (κ3) is 4.78. The Bertz CT molecular complexity index is 770. The number of ether oxygens (including phenoxy) is 1. The lowest BCUT2D eigenvalue weighted by Crippen LogP contribution is -2.50. The molecule has 6 nitrogen and oxygen atoms in total. The van der Waals surface area contributed by atoms with Gasteiger partial charge in [0.05, 0.1) is 12.5 Å². The zero-order chi connectivity index (χ0) is 21.1. The van der Waals surface area contributed by atoms with Crippen molar-refractivity contribution in [2.75, 3.05) is 32.5 Å². The number of carboxylic acid groups (broad SMARTS) is 1. The Morgan fingerprint density at radius 1 is 1.17 bits per heavy atom. The molecule has 30 heavy (non-hydrogen) atoms. The van der Waals surface area contributed by atoms with Gasteiger partial charge in [-0.3, -0.25) is 9.59 Å². The first-order valence-electron chi connectivity index (χ1n) is 11.0. The lowest BCUT2D eigenvalue weighted by atomic mass is 9.73. The zero-order valence-electron chi connectivity index (χ0n) is 17.7. The minimum absolute atomic E-state index is 0.0537. The van der Waals surface area contributed by atoms with Crippen LogP contribution in [-0.2, 0) is 4.79 Å². The molecular formula is C23H32N2O4S. The summed E-state index contributed by atoms with van der Waals surface area (Å²) in [5.74, 6) is -0.218. The molecule has 5 rings (SSSR count). The van der Waals surface area contributed by atoms with Gasteiger partial charge in [-0.1, -0.05) is 0 Å². The maximum absolute atomic E-state index is 12.7. The number of aliphatic carboxylic acids is 1. The topological polar surface area (TPSA) is 78.9 Å². The number of fused-ring (bicyclic) bond motifs is 3.